The van der Waals surface area contributed by atoms with Crippen molar-refractivity contribution >= 4 is 17.7 Å². The van der Waals surface area contributed by atoms with E-state index >= 15 is 0 Å². The smallest absolute Gasteiger partial charge is 0.337 e. The van der Waals surface area contributed by atoms with E-state index in [1.54, 1.807) is 12.1 Å². The molecule has 4 N–H and O–H groups in total. The Labute approximate surface area is 183 Å². The van der Waals surface area contributed by atoms with Gasteiger partial charge in [0.15, 0.2) is 0 Å². The van der Waals surface area contributed by atoms with Crippen molar-refractivity contribution in [1.29, 1.82) is 0 Å². The number of carbonyl (C=O) groups is 2. The van der Waals surface area contributed by atoms with Gasteiger partial charge in [-0.2, -0.15) is 0 Å². The zero-order chi connectivity index (χ0) is 21.7. The van der Waals surface area contributed by atoms with Crippen LogP contribution in [0.15, 0.2) is 54.6 Å². The van der Waals surface area contributed by atoms with Gasteiger partial charge in [-0.05, 0) is 62.2 Å². The van der Waals surface area contributed by atoms with Gasteiger partial charge in [-0.15, -0.1) is 0 Å². The number of carbonyl (C=O) groups excluding carboxylic acids is 2. The summed E-state index contributed by atoms with van der Waals surface area (Å²) < 4.78 is 5.81. The van der Waals surface area contributed by atoms with Gasteiger partial charge >= 0.3 is 12.1 Å². The van der Waals surface area contributed by atoms with Crippen molar-refractivity contribution < 1.29 is 14.3 Å². The Morgan fingerprint density at radius 2 is 1.68 bits per heavy atom. The van der Waals surface area contributed by atoms with Gasteiger partial charge in [0.1, 0.15) is 5.75 Å². The molecule has 4 amide bonds. The molecule has 2 aromatic carbocycles. The van der Waals surface area contributed by atoms with E-state index in [0.717, 1.165) is 12.3 Å². The third-order valence-electron chi connectivity index (χ3n) is 4.95. The normalized spacial score (nSPS) is 13.8. The molecule has 2 aromatic rings. The summed E-state index contributed by atoms with van der Waals surface area (Å²) in [5.41, 5.74) is 6.49. The second-order valence-corrected chi connectivity index (χ2v) is 7.51. The van der Waals surface area contributed by atoms with Crippen LogP contribution in [0.3, 0.4) is 0 Å². The maximum Gasteiger partial charge on any atom is 0.337 e. The van der Waals surface area contributed by atoms with Gasteiger partial charge < -0.3 is 15.4 Å². The molecule has 0 radical (unpaired) electrons. The molecule has 0 saturated carbocycles. The van der Waals surface area contributed by atoms with E-state index in [4.69, 9.17) is 4.74 Å². The van der Waals surface area contributed by atoms with E-state index in [9.17, 15) is 9.59 Å². The first-order valence-electron chi connectivity index (χ1n) is 10.8. The number of likely N-dealkylation sites (tertiary alicyclic amines) is 1. The number of amides is 4. The maximum atomic E-state index is 11.8. The van der Waals surface area contributed by atoms with Crippen LogP contribution in [0.1, 0.15) is 31.2 Å². The third kappa shape index (κ3) is 8.55. The van der Waals surface area contributed by atoms with Crippen molar-refractivity contribution in [3.05, 3.63) is 60.2 Å². The lowest BCUT2D eigenvalue weighted by Crippen LogP contribution is -2.48. The Morgan fingerprint density at radius 1 is 0.903 bits per heavy atom. The number of para-hydroxylation sites is 1. The van der Waals surface area contributed by atoms with E-state index in [0.29, 0.717) is 25.3 Å². The zero-order valence-corrected chi connectivity index (χ0v) is 17.7. The molecule has 0 aromatic heterocycles. The third-order valence-corrected chi connectivity index (χ3v) is 4.95. The molecular weight excluding hydrogens is 394 g/mol. The van der Waals surface area contributed by atoms with E-state index in [1.165, 1.54) is 37.9 Å². The van der Waals surface area contributed by atoms with Crippen LogP contribution in [-0.2, 0) is 6.54 Å². The van der Waals surface area contributed by atoms with Crippen molar-refractivity contribution in [2.24, 2.45) is 0 Å². The Balaban J connectivity index is 1.26. The summed E-state index contributed by atoms with van der Waals surface area (Å²) in [7, 11) is 0. The molecule has 31 heavy (non-hydrogen) atoms. The molecular formula is C23H31N5O3. The Bertz CT molecular complexity index is 825. The molecule has 8 heteroatoms. The lowest BCUT2D eigenvalue weighted by atomic mass is 10.1. The predicted octanol–water partition coefficient (Wildman–Crippen LogP) is 3.48. The molecule has 1 heterocycles. The second kappa shape index (κ2) is 12.4. The highest BCUT2D eigenvalue weighted by molar-refractivity contribution is 5.90. The quantitative estimate of drug-likeness (QED) is 0.385. The van der Waals surface area contributed by atoms with E-state index in [2.05, 4.69) is 38.5 Å². The van der Waals surface area contributed by atoms with Crippen molar-refractivity contribution in [2.45, 2.75) is 32.2 Å². The fourth-order valence-corrected chi connectivity index (χ4v) is 3.42. The minimum Gasteiger partial charge on any atom is -0.494 e. The Kier molecular flexibility index (Phi) is 9.00. The van der Waals surface area contributed by atoms with Crippen LogP contribution in [-0.4, -0.2) is 43.2 Å². The molecule has 0 spiro atoms. The first-order valence-corrected chi connectivity index (χ1v) is 10.8. The highest BCUT2D eigenvalue weighted by atomic mass is 16.5. The summed E-state index contributed by atoms with van der Waals surface area (Å²) in [6, 6.07) is 16.2. The number of hydrazine groups is 1. The number of urea groups is 2. The van der Waals surface area contributed by atoms with Gasteiger partial charge in [0.25, 0.3) is 0 Å². The second-order valence-electron chi connectivity index (χ2n) is 7.51. The van der Waals surface area contributed by atoms with Gasteiger partial charge in [-0.3, -0.25) is 4.90 Å². The van der Waals surface area contributed by atoms with Gasteiger partial charge in [0.05, 0.1) is 6.61 Å². The van der Waals surface area contributed by atoms with Gasteiger partial charge in [-0.25, -0.2) is 20.4 Å². The summed E-state index contributed by atoms with van der Waals surface area (Å²) in [6.07, 6.45) is 4.55. The molecule has 8 nitrogen and oxygen atoms in total. The number of benzene rings is 2. The first kappa shape index (κ1) is 22.4. The number of nitrogens with zero attached hydrogens (tertiary/aromatic N) is 1. The lowest BCUT2D eigenvalue weighted by Gasteiger charge is -2.26. The van der Waals surface area contributed by atoms with Crippen molar-refractivity contribution in [3.63, 3.8) is 0 Å². The molecule has 1 aliphatic rings. The SMILES string of the molecule is O=C(NCCCOc1cccc(CN2CCCCC2)c1)NNC(=O)Nc1ccccc1. The molecule has 1 saturated heterocycles. The van der Waals surface area contributed by atoms with Crippen LogP contribution in [0.25, 0.3) is 0 Å². The molecule has 0 atom stereocenters. The number of anilines is 1. The van der Waals surface area contributed by atoms with E-state index < -0.39 is 12.1 Å². The monoisotopic (exact) mass is 425 g/mol. The van der Waals surface area contributed by atoms with Crippen LogP contribution >= 0.6 is 0 Å². The average Bonchev–Trinajstić information content (AvgIpc) is 2.79. The fraction of sp³-hybridized carbons (Fsp3) is 0.391. The lowest BCUT2D eigenvalue weighted by molar-refractivity contribution is 0.220. The Morgan fingerprint density at radius 3 is 2.48 bits per heavy atom. The summed E-state index contributed by atoms with van der Waals surface area (Å²) in [4.78, 5) is 26.0. The first-order chi connectivity index (χ1) is 15.2. The molecule has 0 unspecified atom stereocenters. The predicted molar refractivity (Wildman–Crippen MR) is 121 cm³/mol. The van der Waals surface area contributed by atoms with Gasteiger partial charge in [0, 0.05) is 18.8 Å². The number of hydrogen-bond donors (Lipinski definition) is 4. The van der Waals surface area contributed by atoms with E-state index in [1.807, 2.05) is 30.3 Å². The topological polar surface area (TPSA) is 94.7 Å². The molecule has 0 bridgehead atoms. The largest absolute Gasteiger partial charge is 0.494 e. The van der Waals surface area contributed by atoms with Crippen molar-refractivity contribution in [1.82, 2.24) is 21.1 Å². The number of nitrogens with one attached hydrogen (secondary N) is 4. The van der Waals surface area contributed by atoms with E-state index in [-0.39, 0.29) is 0 Å². The fourth-order valence-electron chi connectivity index (χ4n) is 3.42. The number of piperidine rings is 1. The number of rotatable bonds is 8. The highest BCUT2D eigenvalue weighted by Gasteiger charge is 2.10. The minimum atomic E-state index is -0.519. The summed E-state index contributed by atoms with van der Waals surface area (Å²) >= 11 is 0. The van der Waals surface area contributed by atoms with Gasteiger partial charge in [0.2, 0.25) is 0 Å². The van der Waals surface area contributed by atoms with Gasteiger partial charge in [-0.1, -0.05) is 36.8 Å². The summed E-state index contributed by atoms with van der Waals surface area (Å²) in [6.45, 7) is 4.23. The standard InChI is InChI=1S/C23H31N5O3/c29-22(26-27-23(30)25-20-10-3-1-4-11-20)24-13-8-16-31-21-12-7-9-19(17-21)18-28-14-5-2-6-15-28/h1,3-4,7,9-12,17H,2,5-6,8,13-16,18H2,(H2,24,26,29)(H2,25,27,30). The Hall–Kier alpha value is -3.26. The molecule has 1 aliphatic heterocycles. The minimum absolute atomic E-state index is 0.432. The van der Waals surface area contributed by atoms with Crippen LogP contribution < -0.4 is 26.2 Å². The number of ether oxygens (including phenoxy) is 1. The maximum absolute atomic E-state index is 11.8. The van der Waals surface area contributed by atoms with Crippen LogP contribution in [0, 0.1) is 0 Å². The van der Waals surface area contributed by atoms with Crippen molar-refractivity contribution in [3.8, 4) is 5.75 Å². The van der Waals surface area contributed by atoms with Crippen LogP contribution in [0.5, 0.6) is 5.75 Å². The summed E-state index contributed by atoms with van der Waals surface area (Å²) in [5, 5.41) is 5.28. The number of hydrogen-bond acceptors (Lipinski definition) is 4. The molecule has 166 valence electrons. The molecule has 1 fully saturated rings. The average molecular weight is 426 g/mol. The van der Waals surface area contributed by atoms with Crippen LogP contribution in [0.4, 0.5) is 15.3 Å². The zero-order valence-electron chi connectivity index (χ0n) is 17.7. The highest BCUT2D eigenvalue weighted by Crippen LogP contribution is 2.17. The molecule has 0 aliphatic carbocycles. The van der Waals surface area contributed by atoms with Crippen LogP contribution in [0.2, 0.25) is 0 Å². The molecule has 3 rings (SSSR count). The van der Waals surface area contributed by atoms with Crippen molar-refractivity contribution in [2.75, 3.05) is 31.6 Å². The summed E-state index contributed by atoms with van der Waals surface area (Å²) in [5.74, 6) is 0.846.